The normalized spacial score (nSPS) is 32.9. The van der Waals surface area contributed by atoms with Gasteiger partial charge in [-0.1, -0.05) is 25.0 Å². The maximum Gasteiger partial charge on any atom is 0.255 e. The number of methoxy groups -OCH3 is 1. The fourth-order valence-electron chi connectivity index (χ4n) is 7.15. The van der Waals surface area contributed by atoms with Crippen molar-refractivity contribution in [1.82, 2.24) is 4.90 Å². The van der Waals surface area contributed by atoms with Gasteiger partial charge >= 0.3 is 0 Å². The summed E-state index contributed by atoms with van der Waals surface area (Å²) in [5.41, 5.74) is 1.87. The van der Waals surface area contributed by atoms with Crippen LogP contribution in [0, 0.1) is 11.8 Å². The number of rotatable bonds is 6. The molecule has 210 valence electrons. The number of nitrogens with two attached hydrogens (primary N) is 1. The van der Waals surface area contributed by atoms with Gasteiger partial charge in [0, 0.05) is 24.5 Å². The van der Waals surface area contributed by atoms with E-state index in [1.54, 1.807) is 26.2 Å². The van der Waals surface area contributed by atoms with Crippen molar-refractivity contribution < 1.29 is 44.3 Å². The molecule has 0 aromatic heterocycles. The van der Waals surface area contributed by atoms with E-state index in [1.165, 1.54) is 18.1 Å². The van der Waals surface area contributed by atoms with Gasteiger partial charge in [-0.2, -0.15) is 0 Å². The number of fused-ring (bicyclic) bond motifs is 3. The molecule has 39 heavy (non-hydrogen) atoms. The minimum atomic E-state index is -2.81. The molecule has 0 saturated heterocycles. The Morgan fingerprint density at radius 2 is 1.82 bits per heavy atom. The number of nitrogens with zero attached hydrogens (tertiary/aromatic N) is 1. The van der Waals surface area contributed by atoms with Crippen LogP contribution in [-0.2, 0) is 19.1 Å². The van der Waals surface area contributed by atoms with E-state index in [1.807, 2.05) is 0 Å². The molecule has 1 saturated carbocycles. The molecule has 5 rings (SSSR count). The average molecular weight is 543 g/mol. The number of amides is 1. The number of aliphatic hydroxyl groups excluding tert-OH is 2. The minimum Gasteiger partial charge on any atom is -0.510 e. The van der Waals surface area contributed by atoms with Gasteiger partial charge in [-0.15, -0.1) is 0 Å². The van der Waals surface area contributed by atoms with Crippen LogP contribution in [0.2, 0.25) is 0 Å². The van der Waals surface area contributed by atoms with Crippen molar-refractivity contribution >= 4 is 17.5 Å². The molecule has 1 amide bonds. The van der Waals surface area contributed by atoms with Crippen molar-refractivity contribution in [3.05, 3.63) is 52.0 Å². The number of hydrogen-bond donors (Lipinski definition) is 5. The first-order valence-corrected chi connectivity index (χ1v) is 13.1. The molecular weight excluding hydrogens is 508 g/mol. The van der Waals surface area contributed by atoms with Crippen LogP contribution in [0.4, 0.5) is 0 Å². The van der Waals surface area contributed by atoms with E-state index < -0.39 is 70.1 Å². The number of ether oxygens (including phenoxy) is 2. The molecule has 4 aliphatic carbocycles. The van der Waals surface area contributed by atoms with Crippen LogP contribution in [0.3, 0.4) is 0 Å². The summed E-state index contributed by atoms with van der Waals surface area (Å²) in [6.45, 7) is 0.121. The van der Waals surface area contributed by atoms with Gasteiger partial charge in [0.2, 0.25) is 5.78 Å². The maximum atomic E-state index is 13.9. The van der Waals surface area contributed by atoms with Crippen LogP contribution in [0.25, 0.3) is 0 Å². The number of aliphatic hydroxyl groups is 3. The lowest BCUT2D eigenvalue weighted by Crippen LogP contribution is -2.69. The Labute approximate surface area is 225 Å². The van der Waals surface area contributed by atoms with Gasteiger partial charge in [-0.25, -0.2) is 0 Å². The first-order chi connectivity index (χ1) is 18.5. The second-order valence-electron chi connectivity index (χ2n) is 11.1. The van der Waals surface area contributed by atoms with Gasteiger partial charge in [0.25, 0.3) is 5.91 Å². The van der Waals surface area contributed by atoms with Gasteiger partial charge in [0.15, 0.2) is 11.4 Å². The Hall–Kier alpha value is -3.25. The number of likely N-dealkylation sites (N-methyl/N-ethyl adjacent to an activating group) is 1. The first kappa shape index (κ1) is 27.3. The highest BCUT2D eigenvalue weighted by Crippen LogP contribution is 2.56. The molecule has 0 spiro atoms. The lowest BCUT2D eigenvalue weighted by atomic mass is 9.55. The van der Waals surface area contributed by atoms with Crippen LogP contribution < -0.4 is 5.73 Å². The molecule has 6 unspecified atom stereocenters. The Kier molecular flexibility index (Phi) is 6.82. The number of carbonyl (C=O) groups excluding carboxylic acids is 3. The van der Waals surface area contributed by atoms with E-state index in [9.17, 15) is 34.8 Å². The van der Waals surface area contributed by atoms with Crippen molar-refractivity contribution in [2.24, 2.45) is 17.6 Å². The number of carbonyl (C=O) groups is 3. The summed E-state index contributed by atoms with van der Waals surface area (Å²) < 4.78 is 12.2. The molecule has 6 N–H and O–H groups in total. The number of phenols is 1. The summed E-state index contributed by atoms with van der Waals surface area (Å²) in [6, 6.07) is 3.48. The minimum absolute atomic E-state index is 0.0156. The molecule has 0 radical (unpaired) electrons. The third-order valence-electron chi connectivity index (χ3n) is 8.86. The third kappa shape index (κ3) is 3.82. The van der Waals surface area contributed by atoms with E-state index in [0.29, 0.717) is 5.56 Å². The van der Waals surface area contributed by atoms with Crippen LogP contribution in [-0.4, -0.2) is 94.5 Å². The van der Waals surface area contributed by atoms with E-state index in [0.717, 1.165) is 25.7 Å². The molecule has 0 heterocycles. The number of ketones is 2. The lowest BCUT2D eigenvalue weighted by Gasteiger charge is -2.54. The van der Waals surface area contributed by atoms with Gasteiger partial charge in [0.05, 0.1) is 36.3 Å². The highest BCUT2D eigenvalue weighted by atomic mass is 16.5. The molecule has 0 aliphatic heterocycles. The van der Waals surface area contributed by atoms with Crippen LogP contribution >= 0.6 is 0 Å². The molecule has 1 aromatic rings. The lowest BCUT2D eigenvalue weighted by molar-refractivity contribution is -0.167. The van der Waals surface area contributed by atoms with E-state index in [-0.39, 0.29) is 29.6 Å². The second kappa shape index (κ2) is 9.74. The van der Waals surface area contributed by atoms with E-state index in [2.05, 4.69) is 0 Å². The van der Waals surface area contributed by atoms with E-state index >= 15 is 0 Å². The molecule has 0 bridgehead atoms. The molecular formula is C28H34N2O9. The summed E-state index contributed by atoms with van der Waals surface area (Å²) in [5, 5.41) is 45.4. The van der Waals surface area contributed by atoms with Gasteiger partial charge in [-0.05, 0) is 38.6 Å². The van der Waals surface area contributed by atoms with Crippen molar-refractivity contribution in [1.29, 1.82) is 0 Å². The Bertz CT molecular complexity index is 1300. The third-order valence-corrected chi connectivity index (χ3v) is 8.86. The number of phenolic OH excluding ortho intramolecular Hbond substituents is 1. The first-order valence-electron chi connectivity index (χ1n) is 13.1. The predicted molar refractivity (Wildman–Crippen MR) is 137 cm³/mol. The number of Topliss-reactive ketones (excluding diaryl/α,β-unsaturated/α-hetero) is 2. The fraction of sp³-hybridized carbons (Fsp3) is 0.536. The monoisotopic (exact) mass is 542 g/mol. The zero-order valence-corrected chi connectivity index (χ0v) is 22.1. The summed E-state index contributed by atoms with van der Waals surface area (Å²) in [4.78, 5) is 41.3. The molecule has 1 aromatic carbocycles. The molecule has 11 nitrogen and oxygen atoms in total. The molecule has 1 fully saturated rings. The Balaban J connectivity index is 1.76. The topological polar surface area (TPSA) is 180 Å². The number of hydrogen-bond acceptors (Lipinski definition) is 10. The van der Waals surface area contributed by atoms with Crippen molar-refractivity contribution in [3.8, 4) is 5.75 Å². The highest BCUT2D eigenvalue weighted by Gasteiger charge is 2.68. The largest absolute Gasteiger partial charge is 0.510 e. The fourth-order valence-corrected chi connectivity index (χ4v) is 7.15. The Morgan fingerprint density at radius 3 is 2.41 bits per heavy atom. The zero-order valence-electron chi connectivity index (χ0n) is 22.1. The van der Waals surface area contributed by atoms with Crippen molar-refractivity contribution in [2.45, 2.75) is 55.5 Å². The standard InChI is InChI=1S/C28H34N2O9/c1-30(2)21-20-24(38-3)17-14(11-39-12-7-4-5-8-12)13-9-6-10-15(31)16(13)22(32)18(17)25(34)28(20,37)26(35)19(23(21)33)27(29)36/h6,9-10,12,14,17,20-21,24,31,33-34,37H,4-5,7-8,11H2,1-3H3,(H2,29,36). The van der Waals surface area contributed by atoms with Crippen LogP contribution in [0.15, 0.2) is 40.9 Å². The summed E-state index contributed by atoms with van der Waals surface area (Å²) in [5.74, 6) is -8.15. The second-order valence-corrected chi connectivity index (χ2v) is 11.1. The molecule has 6 atom stereocenters. The van der Waals surface area contributed by atoms with Crippen molar-refractivity contribution in [2.75, 3.05) is 27.8 Å². The van der Waals surface area contributed by atoms with Gasteiger partial charge in [0.1, 0.15) is 22.8 Å². The SMILES string of the molecule is COC1C2C(=C(O)C3(O)C(=O)C(C(N)=O)=C(O)C(N(C)C)C13)C(=O)c1c(O)cccc1C2COC1CCCC1. The van der Waals surface area contributed by atoms with Crippen LogP contribution in [0.1, 0.15) is 47.5 Å². The molecule has 4 aliphatic rings. The Morgan fingerprint density at radius 1 is 1.15 bits per heavy atom. The quantitative estimate of drug-likeness (QED) is 0.328. The van der Waals surface area contributed by atoms with Gasteiger partial charge < -0.3 is 35.6 Å². The van der Waals surface area contributed by atoms with Gasteiger partial charge in [-0.3, -0.25) is 19.3 Å². The van der Waals surface area contributed by atoms with E-state index in [4.69, 9.17) is 15.2 Å². The number of benzene rings is 1. The summed E-state index contributed by atoms with van der Waals surface area (Å²) in [6.07, 6.45) is 2.76. The summed E-state index contributed by atoms with van der Waals surface area (Å²) >= 11 is 0. The van der Waals surface area contributed by atoms with Crippen LogP contribution in [0.5, 0.6) is 5.75 Å². The van der Waals surface area contributed by atoms with Crippen molar-refractivity contribution in [3.63, 3.8) is 0 Å². The average Bonchev–Trinajstić information content (AvgIpc) is 3.39. The highest BCUT2D eigenvalue weighted by molar-refractivity contribution is 6.25. The number of primary amides is 1. The maximum absolute atomic E-state index is 13.9. The zero-order chi connectivity index (χ0) is 28.4. The molecule has 11 heteroatoms. The smallest absolute Gasteiger partial charge is 0.255 e. The predicted octanol–water partition coefficient (Wildman–Crippen LogP) is 1.25. The summed E-state index contributed by atoms with van der Waals surface area (Å²) in [7, 11) is 4.49. The number of aromatic hydroxyl groups is 1.